The van der Waals surface area contributed by atoms with E-state index in [0.717, 1.165) is 6.20 Å². The smallest absolute Gasteiger partial charge is 0.258 e. The zero-order valence-electron chi connectivity index (χ0n) is 8.37. The summed E-state index contributed by atoms with van der Waals surface area (Å²) in [5.74, 6) is 0. The van der Waals surface area contributed by atoms with Gasteiger partial charge < -0.3 is 0 Å². The first-order valence-corrected chi connectivity index (χ1v) is 4.88. The first-order valence-electron chi connectivity index (χ1n) is 4.51. The van der Waals surface area contributed by atoms with Crippen molar-refractivity contribution >= 4 is 17.3 Å². The predicted molar refractivity (Wildman–Crippen MR) is 59.9 cm³/mol. The average Bonchev–Trinajstić information content (AvgIpc) is 2.78. The van der Waals surface area contributed by atoms with E-state index in [2.05, 4.69) is 5.10 Å². The minimum atomic E-state index is -0.550. The molecule has 0 aliphatic carbocycles. The number of rotatable bonds is 2. The molecule has 0 aliphatic rings. The van der Waals surface area contributed by atoms with Crippen molar-refractivity contribution in [2.24, 2.45) is 0 Å². The predicted octanol–water partition coefficient (Wildman–Crippen LogP) is 2.31. The van der Waals surface area contributed by atoms with Gasteiger partial charge in [-0.15, -0.1) is 0 Å². The number of halogens is 1. The summed E-state index contributed by atoms with van der Waals surface area (Å²) in [5.41, 5.74) is 0.615. The number of aromatic nitrogens is 2. The van der Waals surface area contributed by atoms with Crippen LogP contribution in [0.5, 0.6) is 0 Å². The standard InChI is InChI=1S/C10H5ClN4O2/c11-8-1-2-10(7(3-8)4-12)14-6-9(5-13-14)15(16)17/h1-3,5-6H. The van der Waals surface area contributed by atoms with Gasteiger partial charge in [0.05, 0.1) is 16.2 Å². The molecule has 0 saturated carbocycles. The van der Waals surface area contributed by atoms with Crippen LogP contribution in [0.2, 0.25) is 5.02 Å². The second kappa shape index (κ2) is 4.23. The molecular formula is C10H5ClN4O2. The highest BCUT2D eigenvalue weighted by Crippen LogP contribution is 2.20. The highest BCUT2D eigenvalue weighted by atomic mass is 35.5. The third kappa shape index (κ3) is 2.09. The van der Waals surface area contributed by atoms with Crippen molar-refractivity contribution in [3.63, 3.8) is 0 Å². The summed E-state index contributed by atoms with van der Waals surface area (Å²) in [4.78, 5) is 9.97. The van der Waals surface area contributed by atoms with Crippen molar-refractivity contribution in [3.8, 4) is 11.8 Å². The maximum Gasteiger partial charge on any atom is 0.307 e. The molecule has 2 rings (SSSR count). The lowest BCUT2D eigenvalue weighted by Gasteiger charge is -2.02. The van der Waals surface area contributed by atoms with Crippen LogP contribution in [0.15, 0.2) is 30.6 Å². The van der Waals surface area contributed by atoms with Crippen LogP contribution >= 0.6 is 11.6 Å². The number of nitriles is 1. The normalized spacial score (nSPS) is 9.88. The Balaban J connectivity index is 2.53. The fourth-order valence-electron chi connectivity index (χ4n) is 1.34. The Hall–Kier alpha value is -2.39. The third-order valence-electron chi connectivity index (χ3n) is 2.11. The van der Waals surface area contributed by atoms with E-state index in [1.165, 1.54) is 16.9 Å². The summed E-state index contributed by atoms with van der Waals surface area (Å²) >= 11 is 5.75. The van der Waals surface area contributed by atoms with Gasteiger partial charge in [0.25, 0.3) is 0 Å². The van der Waals surface area contributed by atoms with Crippen LogP contribution in [-0.4, -0.2) is 14.7 Å². The molecule has 0 radical (unpaired) electrons. The Kier molecular flexibility index (Phi) is 2.77. The SMILES string of the molecule is N#Cc1cc(Cl)ccc1-n1cc([N+](=O)[O-])cn1. The second-order valence-electron chi connectivity index (χ2n) is 3.17. The summed E-state index contributed by atoms with van der Waals surface area (Å²) in [6, 6.07) is 6.60. The van der Waals surface area contributed by atoms with Gasteiger partial charge in [0.15, 0.2) is 0 Å². The zero-order valence-corrected chi connectivity index (χ0v) is 9.13. The van der Waals surface area contributed by atoms with Crippen LogP contribution in [0.25, 0.3) is 5.69 Å². The molecule has 1 aromatic carbocycles. The van der Waals surface area contributed by atoms with Gasteiger partial charge in [-0.1, -0.05) is 11.6 Å². The van der Waals surface area contributed by atoms with E-state index in [0.29, 0.717) is 16.3 Å². The van der Waals surface area contributed by atoms with Gasteiger partial charge in [0.2, 0.25) is 0 Å². The molecule has 0 fully saturated rings. The van der Waals surface area contributed by atoms with E-state index in [9.17, 15) is 10.1 Å². The van der Waals surface area contributed by atoms with Crippen LogP contribution < -0.4 is 0 Å². The summed E-state index contributed by atoms with van der Waals surface area (Å²) in [7, 11) is 0. The molecule has 0 N–H and O–H groups in total. The molecule has 84 valence electrons. The fourth-order valence-corrected chi connectivity index (χ4v) is 1.51. The number of nitro groups is 1. The van der Waals surface area contributed by atoms with Crippen molar-refractivity contribution in [3.05, 3.63) is 51.3 Å². The molecule has 0 spiro atoms. The van der Waals surface area contributed by atoms with Gasteiger partial charge in [0.1, 0.15) is 18.5 Å². The summed E-state index contributed by atoms with van der Waals surface area (Å²) in [5, 5.41) is 23.7. The van der Waals surface area contributed by atoms with E-state index in [1.54, 1.807) is 12.1 Å². The Morgan fingerprint density at radius 2 is 2.29 bits per heavy atom. The Labute approximate surface area is 101 Å². The Bertz CT molecular complexity index is 629. The van der Waals surface area contributed by atoms with Crippen LogP contribution in [0, 0.1) is 21.4 Å². The van der Waals surface area contributed by atoms with Gasteiger partial charge >= 0.3 is 5.69 Å². The van der Waals surface area contributed by atoms with E-state index in [-0.39, 0.29) is 5.69 Å². The summed E-state index contributed by atoms with van der Waals surface area (Å²) in [6.45, 7) is 0. The minimum absolute atomic E-state index is 0.135. The molecule has 0 aliphatic heterocycles. The van der Waals surface area contributed by atoms with Crippen molar-refractivity contribution < 1.29 is 4.92 Å². The van der Waals surface area contributed by atoms with E-state index >= 15 is 0 Å². The molecule has 2 aromatic rings. The van der Waals surface area contributed by atoms with Gasteiger partial charge in [-0.2, -0.15) is 10.4 Å². The van der Waals surface area contributed by atoms with Gasteiger partial charge in [-0.25, -0.2) is 4.68 Å². The monoisotopic (exact) mass is 248 g/mol. The maximum absolute atomic E-state index is 10.5. The van der Waals surface area contributed by atoms with Crippen molar-refractivity contribution in [1.82, 2.24) is 9.78 Å². The lowest BCUT2D eigenvalue weighted by Crippen LogP contribution is -1.97. The maximum atomic E-state index is 10.5. The van der Waals surface area contributed by atoms with Crippen molar-refractivity contribution in [2.75, 3.05) is 0 Å². The molecule has 6 nitrogen and oxygen atoms in total. The summed E-state index contributed by atoms with van der Waals surface area (Å²) in [6.07, 6.45) is 2.36. The number of hydrogen-bond acceptors (Lipinski definition) is 4. The van der Waals surface area contributed by atoms with E-state index in [4.69, 9.17) is 16.9 Å². The van der Waals surface area contributed by atoms with Gasteiger partial charge in [-0.05, 0) is 18.2 Å². The van der Waals surface area contributed by atoms with Crippen LogP contribution in [0.1, 0.15) is 5.56 Å². The highest BCUT2D eigenvalue weighted by molar-refractivity contribution is 6.30. The van der Waals surface area contributed by atoms with Crippen molar-refractivity contribution in [1.29, 1.82) is 5.26 Å². The highest BCUT2D eigenvalue weighted by Gasteiger charge is 2.12. The topological polar surface area (TPSA) is 84.8 Å². The zero-order chi connectivity index (χ0) is 12.4. The largest absolute Gasteiger partial charge is 0.307 e. The molecule has 1 aromatic heterocycles. The summed E-state index contributed by atoms with van der Waals surface area (Å²) < 4.78 is 1.27. The number of benzene rings is 1. The number of hydrogen-bond donors (Lipinski definition) is 0. The Morgan fingerprint density at radius 3 is 2.88 bits per heavy atom. The molecule has 0 saturated heterocycles. The van der Waals surface area contributed by atoms with Crippen LogP contribution in [-0.2, 0) is 0 Å². The molecular weight excluding hydrogens is 244 g/mol. The molecule has 1 heterocycles. The molecule has 17 heavy (non-hydrogen) atoms. The minimum Gasteiger partial charge on any atom is -0.258 e. The van der Waals surface area contributed by atoms with E-state index < -0.39 is 4.92 Å². The van der Waals surface area contributed by atoms with Crippen molar-refractivity contribution in [2.45, 2.75) is 0 Å². The molecule has 0 amide bonds. The number of nitrogens with zero attached hydrogens (tertiary/aromatic N) is 4. The lowest BCUT2D eigenvalue weighted by molar-refractivity contribution is -0.384. The quantitative estimate of drug-likeness (QED) is 0.603. The molecule has 0 bridgehead atoms. The van der Waals surface area contributed by atoms with Crippen LogP contribution in [0.4, 0.5) is 5.69 Å². The Morgan fingerprint density at radius 1 is 1.53 bits per heavy atom. The second-order valence-corrected chi connectivity index (χ2v) is 3.61. The van der Waals surface area contributed by atoms with Crippen LogP contribution in [0.3, 0.4) is 0 Å². The van der Waals surface area contributed by atoms with Gasteiger partial charge in [-0.3, -0.25) is 10.1 Å². The molecule has 7 heteroatoms. The average molecular weight is 249 g/mol. The van der Waals surface area contributed by atoms with E-state index in [1.807, 2.05) is 6.07 Å². The lowest BCUT2D eigenvalue weighted by atomic mass is 10.2. The molecule has 0 atom stereocenters. The third-order valence-corrected chi connectivity index (χ3v) is 2.34. The fraction of sp³-hybridized carbons (Fsp3) is 0. The first kappa shape index (κ1) is 11.1. The molecule has 0 unspecified atom stereocenters. The first-order chi connectivity index (χ1) is 8.11. The van der Waals surface area contributed by atoms with Gasteiger partial charge in [0, 0.05) is 5.02 Å².